The van der Waals surface area contributed by atoms with Crippen molar-refractivity contribution in [3.8, 4) is 0 Å². The summed E-state index contributed by atoms with van der Waals surface area (Å²) in [5.74, 6) is 2.12. The molecule has 2 aromatic heterocycles. The van der Waals surface area contributed by atoms with Gasteiger partial charge in [-0.2, -0.15) is 21.8 Å². The first-order valence-electron chi connectivity index (χ1n) is 9.05. The van der Waals surface area contributed by atoms with E-state index in [4.69, 9.17) is 0 Å². The van der Waals surface area contributed by atoms with Gasteiger partial charge in [-0.1, -0.05) is 12.1 Å². The number of hydrogen-bond donors (Lipinski definition) is 3. The van der Waals surface area contributed by atoms with E-state index in [1.165, 1.54) is 0 Å². The largest absolute Gasteiger partial charge is 0.378 e. The van der Waals surface area contributed by atoms with Gasteiger partial charge in [0.1, 0.15) is 5.69 Å². The second-order valence-electron chi connectivity index (χ2n) is 6.63. The van der Waals surface area contributed by atoms with Gasteiger partial charge in [-0.25, -0.2) is 10.1 Å². The lowest BCUT2D eigenvalue weighted by molar-refractivity contribution is 0.864. The number of anilines is 2. The highest BCUT2D eigenvalue weighted by Gasteiger charge is 2.08. The Morgan fingerprint density at radius 2 is 2.11 bits per heavy atom. The maximum Gasteiger partial charge on any atom is 0.296 e. The molecule has 0 saturated carbocycles. The predicted molar refractivity (Wildman–Crippen MR) is 114 cm³/mol. The van der Waals surface area contributed by atoms with Crippen molar-refractivity contribution in [2.24, 2.45) is 0 Å². The molecule has 0 amide bonds. The van der Waals surface area contributed by atoms with E-state index in [2.05, 4.69) is 30.5 Å². The number of hydrogen-bond acceptors (Lipinski definition) is 7. The van der Waals surface area contributed by atoms with E-state index in [0.717, 1.165) is 34.1 Å². The molecule has 0 spiro atoms. The topological polar surface area (TPSA) is 103 Å². The van der Waals surface area contributed by atoms with Crippen molar-refractivity contribution >= 4 is 23.4 Å². The third kappa shape index (κ3) is 5.35. The van der Waals surface area contributed by atoms with Gasteiger partial charge in [0.25, 0.3) is 5.56 Å². The molecular weight excluding hydrogens is 374 g/mol. The number of benzene rings is 1. The molecule has 0 saturated heterocycles. The summed E-state index contributed by atoms with van der Waals surface area (Å²) < 4.78 is 0. The van der Waals surface area contributed by atoms with Crippen LogP contribution in [0.2, 0.25) is 0 Å². The van der Waals surface area contributed by atoms with Crippen molar-refractivity contribution in [3.63, 3.8) is 0 Å². The van der Waals surface area contributed by atoms with E-state index in [1.54, 1.807) is 18.1 Å². The SMILES string of the molecule is Cc1[nH]cnc1CSCCNc1nc(=O)c(Cc2cccc(N(C)C)c2)n[nH]1. The van der Waals surface area contributed by atoms with Crippen LogP contribution in [0.3, 0.4) is 0 Å². The van der Waals surface area contributed by atoms with Crippen LogP contribution in [0.1, 0.15) is 22.6 Å². The number of imidazole rings is 1. The summed E-state index contributed by atoms with van der Waals surface area (Å²) in [5.41, 5.74) is 4.38. The number of rotatable bonds is 9. The van der Waals surface area contributed by atoms with Gasteiger partial charge in [-0.3, -0.25) is 4.79 Å². The maximum atomic E-state index is 12.3. The van der Waals surface area contributed by atoms with Gasteiger partial charge in [-0.15, -0.1) is 0 Å². The van der Waals surface area contributed by atoms with Gasteiger partial charge in [-0.05, 0) is 24.6 Å². The Hall–Kier alpha value is -2.81. The molecular formula is C19H25N7OS. The fourth-order valence-electron chi connectivity index (χ4n) is 2.63. The number of H-pyrrole nitrogens is 2. The van der Waals surface area contributed by atoms with Crippen LogP contribution in [0.4, 0.5) is 11.6 Å². The van der Waals surface area contributed by atoms with E-state index >= 15 is 0 Å². The third-order valence-corrected chi connectivity index (χ3v) is 5.24. The molecule has 3 N–H and O–H groups in total. The van der Waals surface area contributed by atoms with Gasteiger partial charge in [0.2, 0.25) is 5.95 Å². The zero-order chi connectivity index (χ0) is 19.9. The van der Waals surface area contributed by atoms with Crippen LogP contribution >= 0.6 is 11.8 Å². The molecule has 3 aromatic rings. The summed E-state index contributed by atoms with van der Waals surface area (Å²) in [4.78, 5) is 25.7. The summed E-state index contributed by atoms with van der Waals surface area (Å²) in [5, 5.41) is 10.2. The molecule has 0 bridgehead atoms. The highest BCUT2D eigenvalue weighted by Crippen LogP contribution is 2.15. The Morgan fingerprint density at radius 1 is 1.25 bits per heavy atom. The van der Waals surface area contributed by atoms with Crippen LogP contribution in [0.15, 0.2) is 35.4 Å². The van der Waals surface area contributed by atoms with Gasteiger partial charge in [0.05, 0.1) is 12.0 Å². The molecule has 0 radical (unpaired) electrons. The van der Waals surface area contributed by atoms with E-state index in [-0.39, 0.29) is 5.56 Å². The lowest BCUT2D eigenvalue weighted by atomic mass is 10.1. The zero-order valence-electron chi connectivity index (χ0n) is 16.3. The Labute approximate surface area is 168 Å². The summed E-state index contributed by atoms with van der Waals surface area (Å²) in [6.07, 6.45) is 2.16. The average Bonchev–Trinajstić information content (AvgIpc) is 3.08. The minimum Gasteiger partial charge on any atom is -0.378 e. The van der Waals surface area contributed by atoms with Crippen LogP contribution < -0.4 is 15.8 Å². The van der Waals surface area contributed by atoms with Gasteiger partial charge in [0, 0.05) is 49.9 Å². The van der Waals surface area contributed by atoms with Crippen LogP contribution in [-0.4, -0.2) is 51.5 Å². The molecule has 148 valence electrons. The zero-order valence-corrected chi connectivity index (χ0v) is 17.1. The number of aryl methyl sites for hydroxylation is 1. The van der Waals surface area contributed by atoms with Gasteiger partial charge in [0.15, 0.2) is 0 Å². The van der Waals surface area contributed by atoms with Crippen LogP contribution in [-0.2, 0) is 12.2 Å². The Bertz CT molecular complexity index is 967. The van der Waals surface area contributed by atoms with Gasteiger partial charge < -0.3 is 15.2 Å². The molecule has 2 heterocycles. The lowest BCUT2D eigenvalue weighted by Crippen LogP contribution is -2.20. The van der Waals surface area contributed by atoms with E-state index in [1.807, 2.05) is 50.2 Å². The fraction of sp³-hybridized carbons (Fsp3) is 0.368. The van der Waals surface area contributed by atoms with Crippen LogP contribution in [0, 0.1) is 6.92 Å². The second-order valence-corrected chi connectivity index (χ2v) is 7.74. The molecule has 0 aliphatic carbocycles. The van der Waals surface area contributed by atoms with Crippen molar-refractivity contribution in [2.75, 3.05) is 36.6 Å². The normalized spacial score (nSPS) is 10.8. The van der Waals surface area contributed by atoms with Crippen molar-refractivity contribution in [3.05, 3.63) is 63.6 Å². The Balaban J connectivity index is 1.50. The number of nitrogens with one attached hydrogen (secondary N) is 3. The monoisotopic (exact) mass is 399 g/mol. The summed E-state index contributed by atoms with van der Waals surface area (Å²) >= 11 is 1.77. The molecule has 9 heteroatoms. The lowest BCUT2D eigenvalue weighted by Gasteiger charge is -2.13. The number of nitrogens with zero attached hydrogens (tertiary/aromatic N) is 4. The molecule has 0 unspecified atom stereocenters. The fourth-order valence-corrected chi connectivity index (χ4v) is 3.51. The Kier molecular flexibility index (Phi) is 6.70. The smallest absolute Gasteiger partial charge is 0.296 e. The number of aromatic amines is 2. The molecule has 0 fully saturated rings. The maximum absolute atomic E-state index is 12.3. The summed E-state index contributed by atoms with van der Waals surface area (Å²) in [6, 6.07) is 8.03. The van der Waals surface area contributed by atoms with Crippen molar-refractivity contribution < 1.29 is 0 Å². The summed E-state index contributed by atoms with van der Waals surface area (Å²) in [6.45, 7) is 2.70. The highest BCUT2D eigenvalue weighted by atomic mass is 32.2. The Morgan fingerprint density at radius 3 is 2.82 bits per heavy atom. The van der Waals surface area contributed by atoms with Crippen molar-refractivity contribution in [2.45, 2.75) is 19.1 Å². The minimum absolute atomic E-state index is 0.309. The van der Waals surface area contributed by atoms with E-state index in [9.17, 15) is 4.79 Å². The van der Waals surface area contributed by atoms with Crippen molar-refractivity contribution in [1.29, 1.82) is 0 Å². The molecule has 0 aliphatic heterocycles. The minimum atomic E-state index is -0.309. The summed E-state index contributed by atoms with van der Waals surface area (Å²) in [7, 11) is 3.97. The quantitative estimate of drug-likeness (QED) is 0.474. The predicted octanol–water partition coefficient (Wildman–Crippen LogP) is 2.20. The van der Waals surface area contributed by atoms with Crippen LogP contribution in [0.25, 0.3) is 0 Å². The van der Waals surface area contributed by atoms with Crippen molar-refractivity contribution in [1.82, 2.24) is 25.1 Å². The second kappa shape index (κ2) is 9.41. The molecule has 0 atom stereocenters. The van der Waals surface area contributed by atoms with Gasteiger partial charge >= 0.3 is 0 Å². The average molecular weight is 400 g/mol. The highest BCUT2D eigenvalue weighted by molar-refractivity contribution is 7.98. The third-order valence-electron chi connectivity index (χ3n) is 4.27. The molecule has 3 rings (SSSR count). The van der Waals surface area contributed by atoms with Crippen LogP contribution in [0.5, 0.6) is 0 Å². The molecule has 0 aliphatic rings. The number of aromatic nitrogens is 5. The first-order chi connectivity index (χ1) is 13.5. The molecule has 28 heavy (non-hydrogen) atoms. The van der Waals surface area contributed by atoms with E-state index < -0.39 is 0 Å². The molecule has 1 aromatic carbocycles. The van der Waals surface area contributed by atoms with E-state index in [0.29, 0.717) is 24.6 Å². The number of thioether (sulfide) groups is 1. The molecule has 8 nitrogen and oxygen atoms in total. The first-order valence-corrected chi connectivity index (χ1v) is 10.2. The standard InChI is InChI=1S/C19H25N7OS/c1-13-17(22-12-21-13)11-28-8-7-20-19-23-18(27)16(24-25-19)10-14-5-4-6-15(9-14)26(2)3/h4-6,9,12H,7-8,10-11H2,1-3H3,(H,21,22)(H2,20,23,25,27). The first kappa shape index (κ1) is 19.9.